The van der Waals surface area contributed by atoms with Gasteiger partial charge in [0, 0.05) is 29.4 Å². The number of thiol groups is 1. The van der Waals surface area contributed by atoms with Gasteiger partial charge in [0.15, 0.2) is 17.8 Å². The lowest BCUT2D eigenvalue weighted by Crippen LogP contribution is -2.28. The van der Waals surface area contributed by atoms with Crippen molar-refractivity contribution in [1.29, 1.82) is 0 Å². The zero-order valence-corrected chi connectivity index (χ0v) is 16.4. The largest absolute Gasteiger partial charge is 0.490 e. The van der Waals surface area contributed by atoms with E-state index in [1.54, 1.807) is 6.20 Å². The number of hydrogen-bond donors (Lipinski definition) is 3. The van der Waals surface area contributed by atoms with E-state index in [1.165, 1.54) is 0 Å². The van der Waals surface area contributed by atoms with E-state index in [2.05, 4.69) is 34.9 Å². The summed E-state index contributed by atoms with van der Waals surface area (Å²) in [6, 6.07) is 17.3. The summed E-state index contributed by atoms with van der Waals surface area (Å²) in [6.07, 6.45) is 1.48. The molecule has 6 nitrogen and oxygen atoms in total. The number of rotatable bonds is 1. The number of nitrogens with two attached hydrogens (primary N) is 1. The Labute approximate surface area is 169 Å². The van der Waals surface area contributed by atoms with Crippen molar-refractivity contribution in [3.8, 4) is 11.5 Å². The van der Waals surface area contributed by atoms with Gasteiger partial charge in [-0.1, -0.05) is 18.2 Å². The molecule has 28 heavy (non-hydrogen) atoms. The van der Waals surface area contributed by atoms with E-state index in [9.17, 15) is 0 Å². The van der Waals surface area contributed by atoms with Gasteiger partial charge in [-0.05, 0) is 36.4 Å². The highest BCUT2D eigenvalue weighted by molar-refractivity contribution is 7.80. The molecule has 0 amide bonds. The normalized spacial score (nSPS) is 16.5. The standard InChI is InChI=1S/C12H11N3O.C9H11NOS/c13-9-5-2-1-4-8(9)12-15-11-10(16-12)6-3-7-14-11;1-10-4-5-11-9-6-7(12)2-3-8(9)10/h1-7,12H,13H2,(H,14,15);2-3,6,12H,4-5H2,1H3. The lowest BCUT2D eigenvalue weighted by atomic mass is 10.1. The fraction of sp³-hybridized carbons (Fsp3) is 0.190. The first kappa shape index (κ1) is 18.3. The maximum atomic E-state index is 5.89. The van der Waals surface area contributed by atoms with Crippen LogP contribution in [0.25, 0.3) is 0 Å². The molecule has 0 fully saturated rings. The molecule has 2 aliphatic rings. The maximum Gasteiger partial charge on any atom is 0.199 e. The van der Waals surface area contributed by atoms with Gasteiger partial charge in [-0.2, -0.15) is 0 Å². The van der Waals surface area contributed by atoms with Crippen molar-refractivity contribution in [2.24, 2.45) is 0 Å². The molecule has 0 bridgehead atoms. The van der Waals surface area contributed by atoms with Crippen LogP contribution in [0.5, 0.6) is 11.5 Å². The molecule has 0 saturated carbocycles. The molecular weight excluding hydrogens is 372 g/mol. The van der Waals surface area contributed by atoms with Crippen molar-refractivity contribution in [2.75, 3.05) is 36.1 Å². The molecule has 3 N–H and O–H groups in total. The van der Waals surface area contributed by atoms with Crippen molar-refractivity contribution in [3.05, 3.63) is 66.4 Å². The molecule has 7 heteroatoms. The second kappa shape index (κ2) is 7.90. The molecule has 5 rings (SSSR count). The molecule has 0 saturated heterocycles. The third-order valence-electron chi connectivity index (χ3n) is 4.60. The number of ether oxygens (including phenoxy) is 2. The Morgan fingerprint density at radius 1 is 1.14 bits per heavy atom. The molecule has 2 aromatic carbocycles. The minimum Gasteiger partial charge on any atom is -0.490 e. The summed E-state index contributed by atoms with van der Waals surface area (Å²) in [6.45, 7) is 1.72. The topological polar surface area (TPSA) is 72.6 Å². The molecule has 1 atom stereocenters. The number of nitrogen functional groups attached to an aromatic ring is 1. The van der Waals surface area contributed by atoms with Crippen LogP contribution < -0.4 is 25.4 Å². The van der Waals surface area contributed by atoms with Crippen LogP contribution in [-0.4, -0.2) is 25.2 Å². The Kier molecular flexibility index (Phi) is 5.16. The number of benzene rings is 2. The number of aromatic nitrogens is 1. The van der Waals surface area contributed by atoms with Gasteiger partial charge in [0.25, 0.3) is 0 Å². The SMILES string of the molecule is CN1CCOc2cc(S)ccc21.Nc1ccccc1C1Nc2ncccc2O1. The van der Waals surface area contributed by atoms with Gasteiger partial charge in [-0.25, -0.2) is 4.98 Å². The Balaban J connectivity index is 0.000000143. The second-order valence-electron chi connectivity index (χ2n) is 6.54. The number of nitrogens with zero attached hydrogens (tertiary/aromatic N) is 2. The predicted octanol–water partition coefficient (Wildman–Crippen LogP) is 3.97. The van der Waals surface area contributed by atoms with Crippen molar-refractivity contribution in [2.45, 2.75) is 11.1 Å². The quantitative estimate of drug-likeness (QED) is 0.428. The number of hydrogen-bond acceptors (Lipinski definition) is 7. The Hall–Kier alpha value is -3.06. The van der Waals surface area contributed by atoms with Crippen molar-refractivity contribution >= 4 is 29.8 Å². The molecule has 1 unspecified atom stereocenters. The first-order valence-corrected chi connectivity index (χ1v) is 9.46. The maximum absolute atomic E-state index is 5.89. The first-order valence-electron chi connectivity index (χ1n) is 9.01. The van der Waals surface area contributed by atoms with Crippen molar-refractivity contribution < 1.29 is 9.47 Å². The van der Waals surface area contributed by atoms with Crippen LogP contribution >= 0.6 is 12.6 Å². The molecule has 0 radical (unpaired) electrons. The molecule has 1 aromatic heterocycles. The third kappa shape index (κ3) is 3.80. The van der Waals surface area contributed by atoms with Crippen LogP contribution in [0.2, 0.25) is 0 Å². The van der Waals surface area contributed by atoms with E-state index in [1.807, 2.05) is 54.6 Å². The van der Waals surface area contributed by atoms with E-state index in [0.29, 0.717) is 5.69 Å². The summed E-state index contributed by atoms with van der Waals surface area (Å²) in [5, 5.41) is 3.18. The molecule has 3 aromatic rings. The van der Waals surface area contributed by atoms with Crippen LogP contribution in [0.3, 0.4) is 0 Å². The van der Waals surface area contributed by atoms with Crippen LogP contribution in [0.1, 0.15) is 11.8 Å². The van der Waals surface area contributed by atoms with Gasteiger partial charge in [0.1, 0.15) is 12.4 Å². The van der Waals surface area contributed by atoms with Gasteiger partial charge >= 0.3 is 0 Å². The number of anilines is 3. The Morgan fingerprint density at radius 3 is 2.82 bits per heavy atom. The number of para-hydroxylation sites is 1. The lowest BCUT2D eigenvalue weighted by Gasteiger charge is -2.27. The minimum atomic E-state index is -0.244. The van der Waals surface area contributed by atoms with E-state index in [0.717, 1.165) is 46.6 Å². The molecule has 0 aliphatic carbocycles. The van der Waals surface area contributed by atoms with Gasteiger partial charge < -0.3 is 25.4 Å². The average Bonchev–Trinajstić information content (AvgIpc) is 3.13. The van der Waals surface area contributed by atoms with E-state index >= 15 is 0 Å². The smallest absolute Gasteiger partial charge is 0.199 e. The highest BCUT2D eigenvalue weighted by Crippen LogP contribution is 2.37. The summed E-state index contributed by atoms with van der Waals surface area (Å²) < 4.78 is 11.2. The summed E-state index contributed by atoms with van der Waals surface area (Å²) in [7, 11) is 2.07. The first-order chi connectivity index (χ1) is 13.6. The number of fused-ring (bicyclic) bond motifs is 2. The highest BCUT2D eigenvalue weighted by Gasteiger charge is 2.25. The van der Waals surface area contributed by atoms with E-state index in [-0.39, 0.29) is 6.23 Å². The lowest BCUT2D eigenvalue weighted by molar-refractivity contribution is 0.260. The number of likely N-dealkylation sites (N-methyl/N-ethyl adjacent to an activating group) is 1. The zero-order chi connectivity index (χ0) is 19.5. The molecule has 3 heterocycles. The van der Waals surface area contributed by atoms with Crippen LogP contribution in [-0.2, 0) is 0 Å². The molecule has 0 spiro atoms. The zero-order valence-electron chi connectivity index (χ0n) is 15.5. The van der Waals surface area contributed by atoms with Crippen LogP contribution in [0.4, 0.5) is 17.2 Å². The van der Waals surface area contributed by atoms with Gasteiger partial charge in [-0.3, -0.25) is 0 Å². The Bertz CT molecular complexity index is 957. The van der Waals surface area contributed by atoms with Crippen molar-refractivity contribution in [1.82, 2.24) is 4.98 Å². The van der Waals surface area contributed by atoms with E-state index < -0.39 is 0 Å². The average molecular weight is 395 g/mol. The molecule has 144 valence electrons. The molecular formula is C21H22N4O2S. The fourth-order valence-corrected chi connectivity index (χ4v) is 3.30. The van der Waals surface area contributed by atoms with Gasteiger partial charge in [-0.15, -0.1) is 12.6 Å². The third-order valence-corrected chi connectivity index (χ3v) is 4.88. The fourth-order valence-electron chi connectivity index (χ4n) is 3.11. The summed E-state index contributed by atoms with van der Waals surface area (Å²) in [4.78, 5) is 7.32. The number of nitrogens with one attached hydrogen (secondary N) is 1. The second-order valence-corrected chi connectivity index (χ2v) is 7.06. The predicted molar refractivity (Wildman–Crippen MR) is 115 cm³/mol. The van der Waals surface area contributed by atoms with Crippen molar-refractivity contribution in [3.63, 3.8) is 0 Å². The monoisotopic (exact) mass is 394 g/mol. The van der Waals surface area contributed by atoms with Gasteiger partial charge in [0.05, 0.1) is 12.2 Å². The van der Waals surface area contributed by atoms with Crippen LogP contribution in [0.15, 0.2) is 65.7 Å². The van der Waals surface area contributed by atoms with Gasteiger partial charge in [0.2, 0.25) is 0 Å². The highest BCUT2D eigenvalue weighted by atomic mass is 32.1. The minimum absolute atomic E-state index is 0.244. The molecule has 2 aliphatic heterocycles. The summed E-state index contributed by atoms with van der Waals surface area (Å²) in [5.74, 6) is 2.46. The summed E-state index contributed by atoms with van der Waals surface area (Å²) in [5.41, 5.74) is 8.69. The number of pyridine rings is 1. The van der Waals surface area contributed by atoms with Crippen LogP contribution in [0, 0.1) is 0 Å². The summed E-state index contributed by atoms with van der Waals surface area (Å²) >= 11 is 4.25. The Morgan fingerprint density at radius 2 is 2.00 bits per heavy atom. The van der Waals surface area contributed by atoms with E-state index in [4.69, 9.17) is 15.2 Å².